The molecule has 0 aliphatic heterocycles. The molecular weight excluding hydrogens is 526 g/mol. The number of nitrogens with one attached hydrogen (secondary N) is 1. The molecule has 0 heterocycles. The van der Waals surface area contributed by atoms with Crippen molar-refractivity contribution in [1.82, 2.24) is 13.9 Å². The van der Waals surface area contributed by atoms with Crippen molar-refractivity contribution < 1.29 is 26.4 Å². The first-order chi connectivity index (χ1) is 17.9. The van der Waals surface area contributed by atoms with Crippen LogP contribution in [0.4, 0.5) is 0 Å². The van der Waals surface area contributed by atoms with Gasteiger partial charge in [0.25, 0.3) is 0 Å². The molecule has 0 spiro atoms. The minimum absolute atomic E-state index is 0.0781. The maximum absolute atomic E-state index is 13.5. The van der Waals surface area contributed by atoms with Gasteiger partial charge in [0, 0.05) is 27.2 Å². The van der Waals surface area contributed by atoms with Crippen LogP contribution in [-0.2, 0) is 37.8 Å². The summed E-state index contributed by atoms with van der Waals surface area (Å²) in [6.45, 7) is 1.62. The molecule has 1 amide bonds. The number of methoxy groups -OCH3 is 1. The second-order valence-corrected chi connectivity index (χ2v) is 13.0. The molecule has 0 aromatic heterocycles. The summed E-state index contributed by atoms with van der Waals surface area (Å²) in [6, 6.07) is 20.2. The van der Waals surface area contributed by atoms with Crippen LogP contribution in [0.25, 0.3) is 0 Å². The standard InChI is InChI=1S/C27H33N3O6S2/c1-21-18-25(14-15-26(21)36-4)38(34,35)30(17-16-22-8-6-5-7-9-22)20-27(31)28-19-23-10-12-24(13-11-23)37(32,33)29(2)3/h5-15,18H,16-17,19-20H2,1-4H3,(H,28,31). The number of ether oxygens (including phenoxy) is 1. The number of nitrogens with zero attached hydrogens (tertiary/aromatic N) is 2. The van der Waals surface area contributed by atoms with Gasteiger partial charge in [-0.3, -0.25) is 4.79 Å². The highest BCUT2D eigenvalue weighted by Gasteiger charge is 2.27. The lowest BCUT2D eigenvalue weighted by Gasteiger charge is -2.22. The van der Waals surface area contributed by atoms with Crippen LogP contribution in [0.15, 0.2) is 82.6 Å². The third-order valence-corrected chi connectivity index (χ3v) is 9.68. The van der Waals surface area contributed by atoms with E-state index in [1.165, 1.54) is 49.8 Å². The van der Waals surface area contributed by atoms with Gasteiger partial charge in [-0.15, -0.1) is 0 Å². The summed E-state index contributed by atoms with van der Waals surface area (Å²) in [5, 5.41) is 2.74. The van der Waals surface area contributed by atoms with Crippen molar-refractivity contribution in [2.24, 2.45) is 0 Å². The van der Waals surface area contributed by atoms with Crippen LogP contribution in [0.1, 0.15) is 16.7 Å². The summed E-state index contributed by atoms with van der Waals surface area (Å²) in [6.07, 6.45) is 0.435. The van der Waals surface area contributed by atoms with E-state index in [1.54, 1.807) is 25.1 Å². The number of carbonyl (C=O) groups is 1. The molecule has 0 unspecified atom stereocenters. The molecule has 0 aliphatic carbocycles. The van der Waals surface area contributed by atoms with Crippen LogP contribution in [0, 0.1) is 6.92 Å². The van der Waals surface area contributed by atoms with E-state index < -0.39 is 26.0 Å². The summed E-state index contributed by atoms with van der Waals surface area (Å²) in [7, 11) is -3.12. The Morgan fingerprint density at radius 1 is 0.842 bits per heavy atom. The fraction of sp³-hybridized carbons (Fsp3) is 0.296. The SMILES string of the molecule is COc1ccc(S(=O)(=O)N(CCc2ccccc2)CC(=O)NCc2ccc(S(=O)(=O)N(C)C)cc2)cc1C. The van der Waals surface area contributed by atoms with E-state index in [2.05, 4.69) is 5.32 Å². The Morgan fingerprint density at radius 2 is 1.47 bits per heavy atom. The molecule has 204 valence electrons. The van der Waals surface area contributed by atoms with Gasteiger partial charge < -0.3 is 10.1 Å². The van der Waals surface area contributed by atoms with Crippen molar-refractivity contribution in [2.45, 2.75) is 29.7 Å². The van der Waals surface area contributed by atoms with Gasteiger partial charge in [0.2, 0.25) is 26.0 Å². The average Bonchev–Trinajstić information content (AvgIpc) is 2.90. The van der Waals surface area contributed by atoms with Gasteiger partial charge in [-0.25, -0.2) is 21.1 Å². The summed E-state index contributed by atoms with van der Waals surface area (Å²) in [5.41, 5.74) is 2.30. The Hall–Kier alpha value is -3.25. The lowest BCUT2D eigenvalue weighted by Crippen LogP contribution is -2.41. The van der Waals surface area contributed by atoms with Crippen LogP contribution >= 0.6 is 0 Å². The number of hydrogen-bond acceptors (Lipinski definition) is 6. The van der Waals surface area contributed by atoms with E-state index >= 15 is 0 Å². The van der Waals surface area contributed by atoms with Crippen molar-refractivity contribution in [3.63, 3.8) is 0 Å². The number of sulfonamides is 2. The van der Waals surface area contributed by atoms with Crippen molar-refractivity contribution in [1.29, 1.82) is 0 Å². The molecule has 0 atom stereocenters. The van der Waals surface area contributed by atoms with Crippen LogP contribution in [0.3, 0.4) is 0 Å². The molecule has 0 radical (unpaired) electrons. The van der Waals surface area contributed by atoms with Crippen molar-refractivity contribution in [3.05, 3.63) is 89.5 Å². The molecule has 3 aromatic rings. The van der Waals surface area contributed by atoms with Gasteiger partial charge in [-0.1, -0.05) is 42.5 Å². The molecule has 0 aliphatic rings. The van der Waals surface area contributed by atoms with Gasteiger partial charge >= 0.3 is 0 Å². The summed E-state index contributed by atoms with van der Waals surface area (Å²) in [5.74, 6) is 0.0961. The number of amides is 1. The van der Waals surface area contributed by atoms with Gasteiger partial charge in [0.1, 0.15) is 5.75 Å². The van der Waals surface area contributed by atoms with E-state index in [1.807, 2.05) is 30.3 Å². The first-order valence-electron chi connectivity index (χ1n) is 11.9. The Balaban J connectivity index is 1.75. The first kappa shape index (κ1) is 29.3. The molecule has 1 N–H and O–H groups in total. The molecule has 38 heavy (non-hydrogen) atoms. The largest absolute Gasteiger partial charge is 0.496 e. The highest BCUT2D eigenvalue weighted by atomic mass is 32.2. The Kier molecular flexibility index (Phi) is 9.66. The van der Waals surface area contributed by atoms with E-state index in [9.17, 15) is 21.6 Å². The third kappa shape index (κ3) is 7.19. The van der Waals surface area contributed by atoms with Crippen LogP contribution < -0.4 is 10.1 Å². The number of benzene rings is 3. The Bertz CT molecular complexity index is 1460. The third-order valence-electron chi connectivity index (χ3n) is 6.01. The minimum atomic E-state index is -3.98. The van der Waals surface area contributed by atoms with E-state index in [0.717, 1.165) is 9.87 Å². The van der Waals surface area contributed by atoms with E-state index in [0.29, 0.717) is 23.3 Å². The molecule has 3 rings (SSSR count). The zero-order chi connectivity index (χ0) is 27.9. The lowest BCUT2D eigenvalue weighted by molar-refractivity contribution is -0.121. The maximum atomic E-state index is 13.5. The normalized spacial score (nSPS) is 12.1. The minimum Gasteiger partial charge on any atom is -0.496 e. The number of carbonyl (C=O) groups excluding carboxylic acids is 1. The van der Waals surface area contributed by atoms with E-state index in [4.69, 9.17) is 4.74 Å². The van der Waals surface area contributed by atoms with Gasteiger partial charge in [0.15, 0.2) is 0 Å². The fourth-order valence-electron chi connectivity index (χ4n) is 3.75. The summed E-state index contributed by atoms with van der Waals surface area (Å²) < 4.78 is 59.1. The van der Waals surface area contributed by atoms with Gasteiger partial charge in [0.05, 0.1) is 23.4 Å². The second-order valence-electron chi connectivity index (χ2n) is 8.91. The van der Waals surface area contributed by atoms with Crippen molar-refractivity contribution in [3.8, 4) is 5.75 Å². The summed E-state index contributed by atoms with van der Waals surface area (Å²) >= 11 is 0. The second kappa shape index (κ2) is 12.5. The monoisotopic (exact) mass is 559 g/mol. The Morgan fingerprint density at radius 3 is 2.05 bits per heavy atom. The smallest absolute Gasteiger partial charge is 0.243 e. The van der Waals surface area contributed by atoms with Crippen LogP contribution in [0.2, 0.25) is 0 Å². The molecular formula is C27H33N3O6S2. The highest BCUT2D eigenvalue weighted by Crippen LogP contribution is 2.24. The fourth-order valence-corrected chi connectivity index (χ4v) is 6.13. The topological polar surface area (TPSA) is 113 Å². The van der Waals surface area contributed by atoms with E-state index in [-0.39, 0.29) is 29.4 Å². The maximum Gasteiger partial charge on any atom is 0.243 e. The molecule has 0 bridgehead atoms. The van der Waals surface area contributed by atoms with Crippen LogP contribution in [-0.4, -0.2) is 65.6 Å². The van der Waals surface area contributed by atoms with Gasteiger partial charge in [-0.05, 0) is 60.4 Å². The molecule has 3 aromatic carbocycles. The summed E-state index contributed by atoms with van der Waals surface area (Å²) in [4.78, 5) is 13.1. The predicted octanol–water partition coefficient (Wildman–Crippen LogP) is 2.80. The lowest BCUT2D eigenvalue weighted by atomic mass is 10.1. The van der Waals surface area contributed by atoms with Gasteiger partial charge in [-0.2, -0.15) is 4.31 Å². The predicted molar refractivity (Wildman–Crippen MR) is 146 cm³/mol. The number of hydrogen-bond donors (Lipinski definition) is 1. The molecule has 0 saturated heterocycles. The Labute approximate surface area is 225 Å². The quantitative estimate of drug-likeness (QED) is 0.365. The number of aryl methyl sites for hydroxylation is 1. The van der Waals surface area contributed by atoms with Crippen molar-refractivity contribution in [2.75, 3.05) is 34.3 Å². The average molecular weight is 560 g/mol. The molecule has 9 nitrogen and oxygen atoms in total. The first-order valence-corrected chi connectivity index (χ1v) is 14.8. The molecule has 0 saturated carbocycles. The highest BCUT2D eigenvalue weighted by molar-refractivity contribution is 7.89. The number of rotatable bonds is 12. The zero-order valence-corrected chi connectivity index (χ0v) is 23.6. The zero-order valence-electron chi connectivity index (χ0n) is 21.9. The molecule has 11 heteroatoms. The van der Waals surface area contributed by atoms with Crippen LogP contribution in [0.5, 0.6) is 5.75 Å². The van der Waals surface area contributed by atoms with Crippen molar-refractivity contribution >= 4 is 26.0 Å². The molecule has 0 fully saturated rings.